The van der Waals surface area contributed by atoms with Crippen LogP contribution in [0.4, 0.5) is 0 Å². The van der Waals surface area contributed by atoms with Crippen LogP contribution in [0.5, 0.6) is 5.75 Å². The van der Waals surface area contributed by atoms with Gasteiger partial charge >= 0.3 is 0 Å². The Bertz CT molecular complexity index is 475. The van der Waals surface area contributed by atoms with E-state index in [4.69, 9.17) is 11.6 Å². The van der Waals surface area contributed by atoms with Crippen LogP contribution in [-0.4, -0.2) is 17.1 Å². The van der Waals surface area contributed by atoms with E-state index in [1.54, 1.807) is 0 Å². The maximum Gasteiger partial charge on any atom is 0.253 e. The summed E-state index contributed by atoms with van der Waals surface area (Å²) < 4.78 is 0. The third-order valence-corrected chi connectivity index (χ3v) is 4.46. The number of phenolic OH excluding ortho intramolecular Hbond substituents is 1. The molecule has 1 aliphatic carbocycles. The lowest BCUT2D eigenvalue weighted by molar-refractivity contribution is 0.0910. The molecule has 1 fully saturated rings. The van der Waals surface area contributed by atoms with Gasteiger partial charge < -0.3 is 10.4 Å². The third-order valence-electron chi connectivity index (χ3n) is 4.13. The zero-order valence-electron chi connectivity index (χ0n) is 11.3. The Hall–Kier alpha value is -1.22. The number of carbonyl (C=O) groups is 1. The number of carbonyl (C=O) groups excluding carboxylic acids is 1. The Labute approximate surface area is 119 Å². The highest BCUT2D eigenvalue weighted by Gasteiger charge is 2.26. The predicted molar refractivity (Wildman–Crippen MR) is 76.6 cm³/mol. The molecule has 3 nitrogen and oxygen atoms in total. The Kier molecular flexibility index (Phi) is 4.35. The first-order valence-corrected chi connectivity index (χ1v) is 7.14. The van der Waals surface area contributed by atoms with Gasteiger partial charge in [0.25, 0.3) is 5.91 Å². The SMILES string of the molecule is CC1CCC(NC(=O)c2cc(O)ccc2Cl)CC1C. The Morgan fingerprint density at radius 2 is 2.05 bits per heavy atom. The summed E-state index contributed by atoms with van der Waals surface area (Å²) in [5, 5.41) is 12.8. The highest BCUT2D eigenvalue weighted by Crippen LogP contribution is 2.30. The van der Waals surface area contributed by atoms with Crippen molar-refractivity contribution < 1.29 is 9.90 Å². The van der Waals surface area contributed by atoms with Crippen LogP contribution >= 0.6 is 11.6 Å². The van der Waals surface area contributed by atoms with Crippen LogP contribution in [0.15, 0.2) is 18.2 Å². The van der Waals surface area contributed by atoms with E-state index in [1.807, 2.05) is 0 Å². The molecule has 3 atom stereocenters. The normalized spacial score (nSPS) is 27.0. The number of aromatic hydroxyl groups is 1. The molecule has 0 radical (unpaired) electrons. The minimum atomic E-state index is -0.201. The molecule has 4 heteroatoms. The summed E-state index contributed by atoms with van der Waals surface area (Å²) in [5.74, 6) is 1.20. The second-order valence-electron chi connectivity index (χ2n) is 5.60. The van der Waals surface area contributed by atoms with Gasteiger partial charge in [-0.15, -0.1) is 0 Å². The van der Waals surface area contributed by atoms with Crippen LogP contribution in [-0.2, 0) is 0 Å². The molecule has 0 bridgehead atoms. The lowest BCUT2D eigenvalue weighted by Crippen LogP contribution is -2.39. The van der Waals surface area contributed by atoms with Crippen molar-refractivity contribution in [1.82, 2.24) is 5.32 Å². The van der Waals surface area contributed by atoms with Crippen molar-refractivity contribution >= 4 is 17.5 Å². The molecule has 1 aromatic rings. The molecule has 1 saturated carbocycles. The number of amides is 1. The first-order chi connectivity index (χ1) is 8.97. The zero-order chi connectivity index (χ0) is 14.0. The van der Waals surface area contributed by atoms with Gasteiger partial charge in [-0.2, -0.15) is 0 Å². The number of halogens is 1. The van der Waals surface area contributed by atoms with Crippen molar-refractivity contribution in [3.8, 4) is 5.75 Å². The average molecular weight is 282 g/mol. The van der Waals surface area contributed by atoms with E-state index in [0.29, 0.717) is 16.5 Å². The average Bonchev–Trinajstić information content (AvgIpc) is 2.36. The lowest BCUT2D eigenvalue weighted by atomic mass is 9.79. The van der Waals surface area contributed by atoms with E-state index in [9.17, 15) is 9.90 Å². The molecule has 3 unspecified atom stereocenters. The molecule has 0 heterocycles. The monoisotopic (exact) mass is 281 g/mol. The molecule has 1 aliphatic rings. The van der Waals surface area contributed by atoms with E-state index >= 15 is 0 Å². The fourth-order valence-corrected chi connectivity index (χ4v) is 2.83. The van der Waals surface area contributed by atoms with Gasteiger partial charge in [0.1, 0.15) is 5.75 Å². The number of benzene rings is 1. The summed E-state index contributed by atoms with van der Waals surface area (Å²) >= 11 is 5.99. The molecule has 0 saturated heterocycles. The fraction of sp³-hybridized carbons (Fsp3) is 0.533. The molecular weight excluding hydrogens is 262 g/mol. The molecule has 2 rings (SSSR count). The number of hydrogen-bond acceptors (Lipinski definition) is 2. The third kappa shape index (κ3) is 3.41. The minimum Gasteiger partial charge on any atom is -0.508 e. The predicted octanol–water partition coefficient (Wildman–Crippen LogP) is 3.60. The second kappa shape index (κ2) is 5.83. The molecule has 0 aliphatic heterocycles. The smallest absolute Gasteiger partial charge is 0.253 e. The van der Waals surface area contributed by atoms with Crippen molar-refractivity contribution in [3.63, 3.8) is 0 Å². The summed E-state index contributed by atoms with van der Waals surface area (Å²) in [4.78, 5) is 12.2. The van der Waals surface area contributed by atoms with Crippen molar-refractivity contribution in [2.45, 2.75) is 39.2 Å². The van der Waals surface area contributed by atoms with Crippen molar-refractivity contribution in [2.75, 3.05) is 0 Å². The molecular formula is C15H20ClNO2. The highest BCUT2D eigenvalue weighted by molar-refractivity contribution is 6.33. The van der Waals surface area contributed by atoms with Gasteiger partial charge in [0.15, 0.2) is 0 Å². The van der Waals surface area contributed by atoms with Crippen LogP contribution in [0.3, 0.4) is 0 Å². The van der Waals surface area contributed by atoms with Gasteiger partial charge in [-0.05, 0) is 49.3 Å². The summed E-state index contributed by atoms with van der Waals surface area (Å²) in [6.07, 6.45) is 3.15. The molecule has 104 valence electrons. The van der Waals surface area contributed by atoms with Gasteiger partial charge in [-0.3, -0.25) is 4.79 Å². The van der Waals surface area contributed by atoms with Crippen LogP contribution in [0.2, 0.25) is 5.02 Å². The molecule has 1 amide bonds. The van der Waals surface area contributed by atoms with Gasteiger partial charge in [0.05, 0.1) is 10.6 Å². The number of nitrogens with one attached hydrogen (secondary N) is 1. The van der Waals surface area contributed by atoms with E-state index in [-0.39, 0.29) is 17.7 Å². The molecule has 0 aromatic heterocycles. The first-order valence-electron chi connectivity index (χ1n) is 6.76. The minimum absolute atomic E-state index is 0.0557. The van der Waals surface area contributed by atoms with Crippen LogP contribution in [0.25, 0.3) is 0 Å². The zero-order valence-corrected chi connectivity index (χ0v) is 12.1. The maximum absolute atomic E-state index is 12.2. The lowest BCUT2D eigenvalue weighted by Gasteiger charge is -2.32. The summed E-state index contributed by atoms with van der Waals surface area (Å²) in [5.41, 5.74) is 0.341. The summed E-state index contributed by atoms with van der Waals surface area (Å²) in [6.45, 7) is 4.49. The van der Waals surface area contributed by atoms with Crippen molar-refractivity contribution in [3.05, 3.63) is 28.8 Å². The van der Waals surface area contributed by atoms with E-state index in [1.165, 1.54) is 18.2 Å². The molecule has 1 aromatic carbocycles. The fourth-order valence-electron chi connectivity index (χ4n) is 2.63. The number of hydrogen-bond donors (Lipinski definition) is 2. The van der Waals surface area contributed by atoms with Gasteiger partial charge in [0.2, 0.25) is 0 Å². The Morgan fingerprint density at radius 1 is 1.32 bits per heavy atom. The van der Waals surface area contributed by atoms with Gasteiger partial charge in [0, 0.05) is 6.04 Å². The molecule has 19 heavy (non-hydrogen) atoms. The Balaban J connectivity index is 2.03. The molecule has 0 spiro atoms. The van der Waals surface area contributed by atoms with Crippen LogP contribution < -0.4 is 5.32 Å². The summed E-state index contributed by atoms with van der Waals surface area (Å²) in [6, 6.07) is 4.63. The number of rotatable bonds is 2. The highest BCUT2D eigenvalue weighted by atomic mass is 35.5. The van der Waals surface area contributed by atoms with E-state index in [0.717, 1.165) is 25.2 Å². The van der Waals surface area contributed by atoms with Crippen molar-refractivity contribution in [1.29, 1.82) is 0 Å². The topological polar surface area (TPSA) is 49.3 Å². The van der Waals surface area contributed by atoms with Gasteiger partial charge in [-0.25, -0.2) is 0 Å². The van der Waals surface area contributed by atoms with Crippen LogP contribution in [0.1, 0.15) is 43.5 Å². The standard InChI is InChI=1S/C15H20ClNO2/c1-9-3-4-11(7-10(9)2)17-15(19)13-8-12(18)5-6-14(13)16/h5-6,8-11,18H,3-4,7H2,1-2H3,(H,17,19). The quantitative estimate of drug-likeness (QED) is 0.870. The summed E-state index contributed by atoms with van der Waals surface area (Å²) in [7, 11) is 0. The van der Waals surface area contributed by atoms with Gasteiger partial charge in [-0.1, -0.05) is 25.4 Å². The molecule has 2 N–H and O–H groups in total. The first kappa shape index (κ1) is 14.2. The van der Waals surface area contributed by atoms with Crippen LogP contribution in [0, 0.1) is 11.8 Å². The second-order valence-corrected chi connectivity index (χ2v) is 6.01. The maximum atomic E-state index is 12.2. The largest absolute Gasteiger partial charge is 0.508 e. The van der Waals surface area contributed by atoms with E-state index in [2.05, 4.69) is 19.2 Å². The Morgan fingerprint density at radius 3 is 2.74 bits per heavy atom. The van der Waals surface area contributed by atoms with E-state index < -0.39 is 0 Å². The number of phenols is 1. The van der Waals surface area contributed by atoms with Crippen molar-refractivity contribution in [2.24, 2.45) is 11.8 Å².